The molecule has 1 aromatic carbocycles. The molecule has 128 valence electrons. The van der Waals surface area contributed by atoms with E-state index in [9.17, 15) is 8.78 Å². The molecule has 2 aromatic rings. The SMILES string of the molecule is C=C(N)N(CCCCC)c1nc(-c2cc(F)cc(F)c2)ccc1N. The van der Waals surface area contributed by atoms with Crippen LogP contribution >= 0.6 is 0 Å². The normalized spacial score (nSPS) is 10.6. The maximum Gasteiger partial charge on any atom is 0.158 e. The summed E-state index contributed by atoms with van der Waals surface area (Å²) in [6.07, 6.45) is 3.02. The Labute approximate surface area is 140 Å². The molecule has 1 heterocycles. The highest BCUT2D eigenvalue weighted by Gasteiger charge is 2.15. The molecule has 0 unspecified atom stereocenters. The van der Waals surface area contributed by atoms with Crippen LogP contribution in [0.5, 0.6) is 0 Å². The Morgan fingerprint density at radius 3 is 2.42 bits per heavy atom. The van der Waals surface area contributed by atoms with E-state index in [-0.39, 0.29) is 0 Å². The Morgan fingerprint density at radius 1 is 1.17 bits per heavy atom. The number of nitrogens with zero attached hydrogens (tertiary/aromatic N) is 2. The summed E-state index contributed by atoms with van der Waals surface area (Å²) in [6, 6.07) is 6.54. The van der Waals surface area contributed by atoms with Gasteiger partial charge >= 0.3 is 0 Å². The Morgan fingerprint density at radius 2 is 1.83 bits per heavy atom. The van der Waals surface area contributed by atoms with Crippen molar-refractivity contribution in [2.24, 2.45) is 5.73 Å². The standard InChI is InChI=1S/C18H22F2N4/c1-3-4-5-8-24(12(2)21)18-16(22)6-7-17(23-18)13-9-14(19)11-15(20)10-13/h6-7,9-11H,2-5,8,21-22H2,1H3. The molecule has 4 N–H and O–H groups in total. The Balaban J connectivity index is 2.41. The van der Waals surface area contributed by atoms with E-state index in [0.717, 1.165) is 25.3 Å². The number of unbranched alkanes of at least 4 members (excludes halogenated alkanes) is 2. The van der Waals surface area contributed by atoms with Gasteiger partial charge in [-0.1, -0.05) is 26.3 Å². The molecule has 0 aliphatic heterocycles. The van der Waals surface area contributed by atoms with Crippen molar-refractivity contribution in [3.05, 3.63) is 54.4 Å². The minimum absolute atomic E-state index is 0.327. The molecule has 0 fully saturated rings. The van der Waals surface area contributed by atoms with E-state index in [2.05, 4.69) is 18.5 Å². The van der Waals surface area contributed by atoms with E-state index in [0.29, 0.717) is 35.1 Å². The fraction of sp³-hybridized carbons (Fsp3) is 0.278. The predicted octanol–water partition coefficient (Wildman–Crippen LogP) is 4.04. The second kappa shape index (κ2) is 7.77. The Kier molecular flexibility index (Phi) is 5.73. The number of pyridine rings is 1. The molecule has 0 amide bonds. The van der Waals surface area contributed by atoms with Gasteiger partial charge in [0.05, 0.1) is 17.2 Å². The van der Waals surface area contributed by atoms with Crippen molar-refractivity contribution in [2.45, 2.75) is 26.2 Å². The summed E-state index contributed by atoms with van der Waals surface area (Å²) in [5.41, 5.74) is 13.1. The highest BCUT2D eigenvalue weighted by atomic mass is 19.1. The first-order valence-electron chi connectivity index (χ1n) is 7.87. The van der Waals surface area contributed by atoms with Crippen molar-refractivity contribution in [3.8, 4) is 11.3 Å². The van der Waals surface area contributed by atoms with Gasteiger partial charge in [-0.2, -0.15) is 0 Å². The van der Waals surface area contributed by atoms with Gasteiger partial charge in [-0.15, -0.1) is 0 Å². The summed E-state index contributed by atoms with van der Waals surface area (Å²) < 4.78 is 26.9. The van der Waals surface area contributed by atoms with Crippen LogP contribution in [0, 0.1) is 11.6 Å². The molecule has 6 heteroatoms. The Bertz CT molecular complexity index is 711. The smallest absolute Gasteiger partial charge is 0.158 e. The minimum Gasteiger partial charge on any atom is -0.396 e. The van der Waals surface area contributed by atoms with Crippen molar-refractivity contribution in [3.63, 3.8) is 0 Å². The molecule has 0 saturated carbocycles. The second-order valence-corrected chi connectivity index (χ2v) is 5.62. The van der Waals surface area contributed by atoms with Crippen molar-refractivity contribution in [1.82, 2.24) is 4.98 Å². The van der Waals surface area contributed by atoms with Crippen molar-refractivity contribution >= 4 is 11.5 Å². The molecule has 0 radical (unpaired) electrons. The molecule has 4 nitrogen and oxygen atoms in total. The third kappa shape index (κ3) is 4.22. The van der Waals surface area contributed by atoms with Crippen LogP contribution in [0.15, 0.2) is 42.7 Å². The molecule has 1 aromatic heterocycles. The van der Waals surface area contributed by atoms with Gasteiger partial charge in [0, 0.05) is 18.2 Å². The van der Waals surface area contributed by atoms with Gasteiger partial charge in [0.1, 0.15) is 11.6 Å². The highest BCUT2D eigenvalue weighted by molar-refractivity contribution is 5.71. The van der Waals surface area contributed by atoms with Gasteiger partial charge in [-0.25, -0.2) is 13.8 Å². The number of hydrogen-bond acceptors (Lipinski definition) is 4. The van der Waals surface area contributed by atoms with E-state index in [1.54, 1.807) is 17.0 Å². The predicted molar refractivity (Wildman–Crippen MR) is 94.2 cm³/mol. The number of nitrogen functional groups attached to an aromatic ring is 1. The molecule has 2 rings (SSSR count). The maximum absolute atomic E-state index is 13.4. The zero-order valence-corrected chi connectivity index (χ0v) is 13.7. The molecule has 0 atom stereocenters. The monoisotopic (exact) mass is 332 g/mol. The lowest BCUT2D eigenvalue weighted by molar-refractivity contribution is 0.584. The molecule has 0 aliphatic carbocycles. The number of anilines is 2. The van der Waals surface area contributed by atoms with Crippen molar-refractivity contribution < 1.29 is 8.78 Å². The van der Waals surface area contributed by atoms with E-state index in [1.807, 2.05) is 0 Å². The zero-order chi connectivity index (χ0) is 17.7. The van der Waals surface area contributed by atoms with Crippen LogP contribution in [0.3, 0.4) is 0 Å². The third-order valence-electron chi connectivity index (χ3n) is 3.65. The number of benzene rings is 1. The summed E-state index contributed by atoms with van der Waals surface area (Å²) in [6.45, 7) is 6.50. The van der Waals surface area contributed by atoms with Crippen LogP contribution < -0.4 is 16.4 Å². The first-order valence-corrected chi connectivity index (χ1v) is 7.87. The van der Waals surface area contributed by atoms with Gasteiger partial charge in [0.15, 0.2) is 5.82 Å². The van der Waals surface area contributed by atoms with E-state index in [1.165, 1.54) is 12.1 Å². The maximum atomic E-state index is 13.4. The zero-order valence-electron chi connectivity index (χ0n) is 13.7. The Hall–Kier alpha value is -2.63. The first kappa shape index (κ1) is 17.7. The summed E-state index contributed by atoms with van der Waals surface area (Å²) >= 11 is 0. The second-order valence-electron chi connectivity index (χ2n) is 5.62. The van der Waals surface area contributed by atoms with E-state index >= 15 is 0 Å². The topological polar surface area (TPSA) is 68.2 Å². The number of aromatic nitrogens is 1. The number of hydrogen-bond donors (Lipinski definition) is 2. The lowest BCUT2D eigenvalue weighted by Gasteiger charge is -2.25. The van der Waals surface area contributed by atoms with Gasteiger partial charge in [-0.05, 0) is 30.7 Å². The molecule has 24 heavy (non-hydrogen) atoms. The van der Waals surface area contributed by atoms with Crippen LogP contribution in [-0.2, 0) is 0 Å². The van der Waals surface area contributed by atoms with Crippen LogP contribution in [0.4, 0.5) is 20.3 Å². The lowest BCUT2D eigenvalue weighted by atomic mass is 10.1. The minimum atomic E-state index is -0.659. The molecular formula is C18H22F2N4. The van der Waals surface area contributed by atoms with Gasteiger partial charge in [-0.3, -0.25) is 0 Å². The number of halogens is 2. The summed E-state index contributed by atoms with van der Waals surface area (Å²) in [7, 11) is 0. The fourth-order valence-electron chi connectivity index (χ4n) is 2.44. The number of nitrogens with two attached hydrogens (primary N) is 2. The molecule has 0 spiro atoms. The largest absolute Gasteiger partial charge is 0.396 e. The van der Waals surface area contributed by atoms with Crippen molar-refractivity contribution in [2.75, 3.05) is 17.2 Å². The van der Waals surface area contributed by atoms with Crippen LogP contribution in [0.2, 0.25) is 0 Å². The van der Waals surface area contributed by atoms with Crippen LogP contribution in [-0.4, -0.2) is 11.5 Å². The van der Waals surface area contributed by atoms with E-state index < -0.39 is 11.6 Å². The van der Waals surface area contributed by atoms with Gasteiger partial charge in [0.2, 0.25) is 0 Å². The summed E-state index contributed by atoms with van der Waals surface area (Å²) in [4.78, 5) is 6.18. The third-order valence-corrected chi connectivity index (χ3v) is 3.65. The molecule has 0 bridgehead atoms. The average Bonchev–Trinajstić information content (AvgIpc) is 2.51. The first-order chi connectivity index (χ1) is 11.4. The summed E-state index contributed by atoms with van der Waals surface area (Å²) in [5.74, 6) is -0.546. The fourth-order valence-corrected chi connectivity index (χ4v) is 2.44. The van der Waals surface area contributed by atoms with Crippen LogP contribution in [0.25, 0.3) is 11.3 Å². The molecular weight excluding hydrogens is 310 g/mol. The average molecular weight is 332 g/mol. The van der Waals surface area contributed by atoms with Crippen LogP contribution in [0.1, 0.15) is 26.2 Å². The van der Waals surface area contributed by atoms with Gasteiger partial charge in [0.25, 0.3) is 0 Å². The summed E-state index contributed by atoms with van der Waals surface area (Å²) in [5, 5.41) is 0. The lowest BCUT2D eigenvalue weighted by Crippen LogP contribution is -2.29. The molecule has 0 aliphatic rings. The highest BCUT2D eigenvalue weighted by Crippen LogP contribution is 2.28. The van der Waals surface area contributed by atoms with Gasteiger partial charge < -0.3 is 16.4 Å². The van der Waals surface area contributed by atoms with Crippen molar-refractivity contribution in [1.29, 1.82) is 0 Å². The number of rotatable bonds is 7. The van der Waals surface area contributed by atoms with E-state index in [4.69, 9.17) is 11.5 Å². The quantitative estimate of drug-likeness (QED) is 0.751. The molecule has 0 saturated heterocycles.